The largest absolute Gasteiger partial charge is 0.305 e. The molecule has 6 heteroatoms. The van der Waals surface area contributed by atoms with Gasteiger partial charge < -0.3 is 4.72 Å². The van der Waals surface area contributed by atoms with Gasteiger partial charge in [-0.3, -0.25) is 0 Å². The highest BCUT2D eigenvalue weighted by molar-refractivity contribution is 7.95. The van der Waals surface area contributed by atoms with Crippen LogP contribution in [0.5, 0.6) is 0 Å². The van der Waals surface area contributed by atoms with E-state index in [0.717, 1.165) is 30.8 Å². The lowest BCUT2D eigenvalue weighted by Crippen LogP contribution is -2.40. The van der Waals surface area contributed by atoms with Gasteiger partial charge in [0.25, 0.3) is 5.92 Å². The molecule has 0 aromatic heterocycles. The lowest BCUT2D eigenvalue weighted by molar-refractivity contribution is -0.0412. The molecule has 1 saturated heterocycles. The first kappa shape index (κ1) is 13.8. The van der Waals surface area contributed by atoms with E-state index in [2.05, 4.69) is 22.7 Å². The number of amidine groups is 1. The fraction of sp³-hybridized carbons (Fsp3) is 0.750. The van der Waals surface area contributed by atoms with E-state index < -0.39 is 5.92 Å². The van der Waals surface area contributed by atoms with Crippen molar-refractivity contribution in [3.8, 4) is 0 Å². The first-order valence-corrected chi connectivity index (χ1v) is 7.19. The van der Waals surface area contributed by atoms with Gasteiger partial charge in [0.1, 0.15) is 5.84 Å². The number of hydrogen-bond acceptors (Lipinski definition) is 4. The second-order valence-corrected chi connectivity index (χ2v) is 5.57. The van der Waals surface area contributed by atoms with Gasteiger partial charge in [-0.1, -0.05) is 13.0 Å². The maximum Gasteiger partial charge on any atom is 0.261 e. The number of allylic oxidation sites excluding steroid dienone is 2. The number of halogens is 2. The van der Waals surface area contributed by atoms with Crippen LogP contribution in [0.4, 0.5) is 8.78 Å². The van der Waals surface area contributed by atoms with Gasteiger partial charge in [-0.15, -0.1) is 0 Å². The molecule has 102 valence electrons. The molecule has 0 aliphatic carbocycles. The van der Waals surface area contributed by atoms with Crippen LogP contribution in [0.15, 0.2) is 16.8 Å². The summed E-state index contributed by atoms with van der Waals surface area (Å²) in [6.45, 7) is 2.60. The van der Waals surface area contributed by atoms with Crippen molar-refractivity contribution in [2.24, 2.45) is 4.99 Å². The minimum atomic E-state index is -2.55. The molecule has 2 aliphatic rings. The number of nitrogens with zero attached hydrogens (tertiary/aromatic N) is 2. The molecule has 0 aromatic rings. The minimum Gasteiger partial charge on any atom is -0.305 e. The summed E-state index contributed by atoms with van der Waals surface area (Å²) in [4.78, 5) is 4.45. The highest BCUT2D eigenvalue weighted by Gasteiger charge is 2.35. The molecule has 0 spiro atoms. The summed E-state index contributed by atoms with van der Waals surface area (Å²) >= 11 is 1.26. The number of hydrogen-bond donors (Lipinski definition) is 1. The topological polar surface area (TPSA) is 27.6 Å². The molecule has 0 amide bonds. The first-order valence-electron chi connectivity index (χ1n) is 6.41. The quantitative estimate of drug-likeness (QED) is 0.800. The van der Waals surface area contributed by atoms with Crippen molar-refractivity contribution in [3.05, 3.63) is 11.8 Å². The third kappa shape index (κ3) is 3.95. The van der Waals surface area contributed by atoms with Crippen LogP contribution < -0.4 is 4.72 Å². The van der Waals surface area contributed by atoms with Crippen LogP contribution in [0.25, 0.3) is 0 Å². The van der Waals surface area contributed by atoms with E-state index in [1.165, 1.54) is 12.1 Å². The molecule has 3 nitrogen and oxygen atoms in total. The number of aliphatic imine (C=N–C) groups is 1. The predicted molar refractivity (Wildman–Crippen MR) is 71.5 cm³/mol. The Morgan fingerprint density at radius 3 is 3.11 bits per heavy atom. The van der Waals surface area contributed by atoms with E-state index in [4.69, 9.17) is 0 Å². The minimum absolute atomic E-state index is 0.00767. The fourth-order valence-corrected chi connectivity index (χ4v) is 2.93. The molecule has 0 radical (unpaired) electrons. The lowest BCUT2D eigenvalue weighted by Gasteiger charge is -2.31. The predicted octanol–water partition coefficient (Wildman–Crippen LogP) is 3.36. The molecule has 18 heavy (non-hydrogen) atoms. The Morgan fingerprint density at radius 1 is 1.56 bits per heavy atom. The van der Waals surface area contributed by atoms with E-state index in [9.17, 15) is 8.78 Å². The van der Waals surface area contributed by atoms with Crippen molar-refractivity contribution in [2.45, 2.75) is 45.0 Å². The summed E-state index contributed by atoms with van der Waals surface area (Å²) in [6.07, 6.45) is 5.44. The zero-order valence-electron chi connectivity index (χ0n) is 10.6. The highest BCUT2D eigenvalue weighted by Crippen LogP contribution is 2.29. The Balaban J connectivity index is 1.81. The Labute approximate surface area is 111 Å². The number of piperidine rings is 1. The van der Waals surface area contributed by atoms with Crippen LogP contribution >= 0.6 is 12.1 Å². The average molecular weight is 275 g/mol. The zero-order chi connectivity index (χ0) is 13.0. The number of alkyl halides is 2. The molecule has 0 bridgehead atoms. The molecule has 2 rings (SSSR count). The molecular formula is C12H19F2N3S. The van der Waals surface area contributed by atoms with Crippen molar-refractivity contribution in [1.82, 2.24) is 9.03 Å². The maximum atomic E-state index is 13.2. The fourth-order valence-electron chi connectivity index (χ4n) is 2.07. The first-order chi connectivity index (χ1) is 8.59. The van der Waals surface area contributed by atoms with Crippen LogP contribution in [-0.4, -0.2) is 29.2 Å². The van der Waals surface area contributed by atoms with Crippen LogP contribution in [-0.2, 0) is 0 Å². The van der Waals surface area contributed by atoms with Gasteiger partial charge in [0.15, 0.2) is 0 Å². The third-order valence-electron chi connectivity index (χ3n) is 3.05. The van der Waals surface area contributed by atoms with Gasteiger partial charge in [-0.2, -0.15) is 0 Å². The van der Waals surface area contributed by atoms with Gasteiger partial charge in [0, 0.05) is 37.2 Å². The van der Waals surface area contributed by atoms with E-state index in [0.29, 0.717) is 13.0 Å². The van der Waals surface area contributed by atoms with E-state index >= 15 is 0 Å². The normalized spacial score (nSPS) is 24.4. The Hall–Kier alpha value is -0.620. The molecular weight excluding hydrogens is 256 g/mol. The Bertz CT molecular complexity index is 355. The summed E-state index contributed by atoms with van der Waals surface area (Å²) < 4.78 is 31.2. The average Bonchev–Trinajstić information content (AvgIpc) is 2.35. The van der Waals surface area contributed by atoms with Crippen molar-refractivity contribution >= 4 is 18.0 Å². The van der Waals surface area contributed by atoms with Gasteiger partial charge in [0.05, 0.1) is 6.54 Å². The molecule has 0 aromatic carbocycles. The summed E-state index contributed by atoms with van der Waals surface area (Å²) in [7, 11) is 0. The SMILES string of the molecule is CCC1=CCCC(NSN2CCCC(F)(F)C2)=N1. The molecule has 0 saturated carbocycles. The highest BCUT2D eigenvalue weighted by atomic mass is 32.2. The van der Waals surface area contributed by atoms with Crippen molar-refractivity contribution in [1.29, 1.82) is 0 Å². The monoisotopic (exact) mass is 275 g/mol. The van der Waals surface area contributed by atoms with Crippen molar-refractivity contribution < 1.29 is 8.78 Å². The van der Waals surface area contributed by atoms with E-state index in [1.54, 1.807) is 4.31 Å². The Kier molecular flexibility index (Phi) is 4.61. The van der Waals surface area contributed by atoms with Crippen LogP contribution in [0.2, 0.25) is 0 Å². The summed E-state index contributed by atoms with van der Waals surface area (Å²) in [6, 6.07) is 0. The molecule has 1 N–H and O–H groups in total. The van der Waals surface area contributed by atoms with Crippen LogP contribution in [0, 0.1) is 0 Å². The van der Waals surface area contributed by atoms with Gasteiger partial charge in [-0.25, -0.2) is 18.1 Å². The van der Waals surface area contributed by atoms with Gasteiger partial charge >= 0.3 is 0 Å². The van der Waals surface area contributed by atoms with E-state index in [1.807, 2.05) is 0 Å². The van der Waals surface area contributed by atoms with Crippen LogP contribution in [0.3, 0.4) is 0 Å². The second kappa shape index (κ2) is 6.02. The molecule has 1 fully saturated rings. The third-order valence-corrected chi connectivity index (χ3v) is 3.95. The van der Waals surface area contributed by atoms with Crippen LogP contribution in [0.1, 0.15) is 39.0 Å². The lowest BCUT2D eigenvalue weighted by atomic mass is 10.1. The zero-order valence-corrected chi connectivity index (χ0v) is 11.4. The van der Waals surface area contributed by atoms with E-state index in [-0.39, 0.29) is 13.0 Å². The van der Waals surface area contributed by atoms with Gasteiger partial charge in [-0.05, 0) is 19.3 Å². The number of rotatable bonds is 3. The van der Waals surface area contributed by atoms with Crippen molar-refractivity contribution in [3.63, 3.8) is 0 Å². The molecule has 0 atom stereocenters. The maximum absolute atomic E-state index is 13.2. The summed E-state index contributed by atoms with van der Waals surface area (Å²) in [5, 5.41) is 0. The smallest absolute Gasteiger partial charge is 0.261 e. The molecule has 2 heterocycles. The number of nitrogens with one attached hydrogen (secondary N) is 1. The summed E-state index contributed by atoms with van der Waals surface area (Å²) in [5.74, 6) is -1.65. The summed E-state index contributed by atoms with van der Waals surface area (Å²) in [5.41, 5.74) is 1.08. The molecule has 0 unspecified atom stereocenters. The van der Waals surface area contributed by atoms with Gasteiger partial charge in [0.2, 0.25) is 0 Å². The standard InChI is InChI=1S/C12H19F2N3S/c1-2-10-5-3-6-11(15-10)16-18-17-8-4-7-12(13,14)9-17/h5H,2-4,6-9H2,1H3,(H,15,16). The molecule has 2 aliphatic heterocycles. The van der Waals surface area contributed by atoms with Crippen molar-refractivity contribution in [2.75, 3.05) is 13.1 Å². The second-order valence-electron chi connectivity index (χ2n) is 4.66. The Morgan fingerprint density at radius 2 is 2.39 bits per heavy atom.